The van der Waals surface area contributed by atoms with E-state index in [2.05, 4.69) is 36.6 Å². The summed E-state index contributed by atoms with van der Waals surface area (Å²) in [7, 11) is 1.47. The third-order valence-electron chi connectivity index (χ3n) is 2.32. The maximum Gasteiger partial charge on any atom is 0.308 e. The molecule has 0 aliphatic carbocycles. The molecular weight excluding hydrogens is 344 g/mol. The number of rotatable bonds is 4. The van der Waals surface area contributed by atoms with Crippen molar-refractivity contribution in [3.63, 3.8) is 0 Å². The molecule has 1 aromatic carbocycles. The summed E-state index contributed by atoms with van der Waals surface area (Å²) in [5.74, 6) is 0.310. The van der Waals surface area contributed by atoms with Gasteiger partial charge in [0.1, 0.15) is 0 Å². The van der Waals surface area contributed by atoms with Crippen LogP contribution in [0.1, 0.15) is 12.5 Å². The number of hydrogen-bond acceptors (Lipinski definition) is 8. The summed E-state index contributed by atoms with van der Waals surface area (Å²) in [6.07, 6.45) is 1.48. The number of nitrogen functional groups attached to an aromatic ring is 1. The summed E-state index contributed by atoms with van der Waals surface area (Å²) in [4.78, 5) is 12.1. The molecule has 110 valence electrons. The van der Waals surface area contributed by atoms with Crippen LogP contribution in [0.3, 0.4) is 0 Å². The van der Waals surface area contributed by atoms with Crippen molar-refractivity contribution in [2.24, 2.45) is 5.10 Å². The molecule has 2 rings (SSSR count). The van der Waals surface area contributed by atoms with E-state index >= 15 is 0 Å². The van der Waals surface area contributed by atoms with Crippen molar-refractivity contribution in [3.05, 3.63) is 22.2 Å². The van der Waals surface area contributed by atoms with Crippen molar-refractivity contribution in [2.45, 2.75) is 6.92 Å². The molecule has 1 heterocycles. The van der Waals surface area contributed by atoms with Gasteiger partial charge in [0, 0.05) is 17.0 Å². The summed E-state index contributed by atoms with van der Waals surface area (Å²) >= 11 is 3.35. The molecule has 0 saturated carbocycles. The van der Waals surface area contributed by atoms with E-state index in [1.54, 1.807) is 12.1 Å². The highest BCUT2D eigenvalue weighted by molar-refractivity contribution is 9.10. The molecule has 0 unspecified atom stereocenters. The number of esters is 1. The predicted molar refractivity (Wildman–Crippen MR) is 77.2 cm³/mol. The molecule has 0 amide bonds. The molecule has 1 aromatic heterocycles. The first kappa shape index (κ1) is 14.9. The van der Waals surface area contributed by atoms with E-state index in [0.717, 1.165) is 4.79 Å². The van der Waals surface area contributed by atoms with Crippen molar-refractivity contribution >= 4 is 34.1 Å². The number of aromatic nitrogens is 4. The van der Waals surface area contributed by atoms with E-state index < -0.39 is 5.97 Å². The fourth-order valence-electron chi connectivity index (χ4n) is 1.43. The van der Waals surface area contributed by atoms with Crippen LogP contribution in [0.4, 0.5) is 5.95 Å². The monoisotopic (exact) mass is 354 g/mol. The summed E-state index contributed by atoms with van der Waals surface area (Å²) in [5, 5.41) is 14.4. The first-order valence-electron chi connectivity index (χ1n) is 5.65. The summed E-state index contributed by atoms with van der Waals surface area (Å²) < 4.78 is 10.9. The van der Waals surface area contributed by atoms with Crippen molar-refractivity contribution in [1.29, 1.82) is 0 Å². The van der Waals surface area contributed by atoms with E-state index in [-0.39, 0.29) is 5.95 Å². The van der Waals surface area contributed by atoms with Gasteiger partial charge in [0.25, 0.3) is 5.95 Å². The van der Waals surface area contributed by atoms with Gasteiger partial charge in [0.05, 0.1) is 13.3 Å². The van der Waals surface area contributed by atoms with Gasteiger partial charge in [-0.05, 0) is 38.5 Å². The zero-order chi connectivity index (χ0) is 15.4. The lowest BCUT2D eigenvalue weighted by atomic mass is 10.2. The van der Waals surface area contributed by atoms with Crippen LogP contribution in [0.25, 0.3) is 0 Å². The molecule has 0 aliphatic heterocycles. The number of carbonyl (C=O) groups is 1. The molecule has 0 fully saturated rings. The van der Waals surface area contributed by atoms with Crippen LogP contribution in [0.2, 0.25) is 0 Å². The van der Waals surface area contributed by atoms with Gasteiger partial charge in [-0.15, -0.1) is 0 Å². The Balaban J connectivity index is 2.34. The van der Waals surface area contributed by atoms with Gasteiger partial charge in [-0.1, -0.05) is 9.89 Å². The molecule has 2 N–H and O–H groups in total. The van der Waals surface area contributed by atoms with Gasteiger partial charge in [0.15, 0.2) is 11.5 Å². The Labute approximate surface area is 127 Å². The Morgan fingerprint density at radius 3 is 2.81 bits per heavy atom. The number of nitrogens with zero attached hydrogens (tertiary/aromatic N) is 5. The Morgan fingerprint density at radius 1 is 1.48 bits per heavy atom. The van der Waals surface area contributed by atoms with Crippen molar-refractivity contribution in [1.82, 2.24) is 20.3 Å². The van der Waals surface area contributed by atoms with Crippen LogP contribution in [0, 0.1) is 0 Å². The average molecular weight is 355 g/mol. The first-order valence-corrected chi connectivity index (χ1v) is 6.44. The van der Waals surface area contributed by atoms with Crippen molar-refractivity contribution < 1.29 is 14.3 Å². The zero-order valence-electron chi connectivity index (χ0n) is 11.1. The number of anilines is 1. The van der Waals surface area contributed by atoms with Gasteiger partial charge in [-0.3, -0.25) is 4.79 Å². The fraction of sp³-hybridized carbons (Fsp3) is 0.182. The van der Waals surface area contributed by atoms with Crippen molar-refractivity contribution in [3.8, 4) is 11.5 Å². The number of hydrogen-bond donors (Lipinski definition) is 1. The maximum atomic E-state index is 11.0. The van der Waals surface area contributed by atoms with E-state index in [4.69, 9.17) is 15.2 Å². The number of methoxy groups -OCH3 is 1. The molecule has 21 heavy (non-hydrogen) atoms. The number of ether oxygens (including phenoxy) is 2. The number of halogens is 1. The highest BCUT2D eigenvalue weighted by atomic mass is 79.9. The lowest BCUT2D eigenvalue weighted by Gasteiger charge is -2.10. The Kier molecular flexibility index (Phi) is 4.48. The van der Waals surface area contributed by atoms with Crippen LogP contribution >= 0.6 is 15.9 Å². The normalized spacial score (nSPS) is 10.8. The number of nitrogens with two attached hydrogens (primary N) is 1. The van der Waals surface area contributed by atoms with Gasteiger partial charge >= 0.3 is 5.97 Å². The first-order chi connectivity index (χ1) is 10.0. The van der Waals surface area contributed by atoms with Crippen LogP contribution in [-0.2, 0) is 4.79 Å². The molecule has 0 saturated heterocycles. The maximum absolute atomic E-state index is 11.0. The molecule has 0 radical (unpaired) electrons. The minimum Gasteiger partial charge on any atom is -0.493 e. The van der Waals surface area contributed by atoms with Crippen molar-refractivity contribution in [2.75, 3.05) is 12.8 Å². The second-order valence-corrected chi connectivity index (χ2v) is 4.64. The standard InChI is InChI=1S/C11H11BrN6O3/c1-6(19)21-10-4-8(12)7(3-9(10)20-2)5-14-18-11(13)15-16-17-18/h3-5H,1-2H3,(H2,13,15,17). The van der Waals surface area contributed by atoms with Crippen LogP contribution in [-0.4, -0.2) is 39.6 Å². The van der Waals surface area contributed by atoms with Crippen LogP contribution in [0.5, 0.6) is 11.5 Å². The highest BCUT2D eigenvalue weighted by Crippen LogP contribution is 2.33. The Morgan fingerprint density at radius 2 is 2.24 bits per heavy atom. The number of benzene rings is 1. The molecule has 0 spiro atoms. The largest absolute Gasteiger partial charge is 0.493 e. The molecule has 10 heteroatoms. The lowest BCUT2D eigenvalue weighted by molar-refractivity contribution is -0.132. The second kappa shape index (κ2) is 6.31. The number of carbonyl (C=O) groups excluding carboxylic acids is 1. The molecule has 0 atom stereocenters. The lowest BCUT2D eigenvalue weighted by Crippen LogP contribution is -2.04. The quantitative estimate of drug-likeness (QED) is 0.490. The number of tetrazole rings is 1. The van der Waals surface area contributed by atoms with Gasteiger partial charge in [-0.25, -0.2) is 0 Å². The second-order valence-electron chi connectivity index (χ2n) is 3.79. The average Bonchev–Trinajstić information content (AvgIpc) is 2.83. The fourth-order valence-corrected chi connectivity index (χ4v) is 1.86. The SMILES string of the molecule is COc1cc(C=Nn2nnnc2N)c(Br)cc1OC(C)=O. The minimum atomic E-state index is -0.442. The summed E-state index contributed by atoms with van der Waals surface area (Å²) in [6, 6.07) is 3.25. The third-order valence-corrected chi connectivity index (χ3v) is 3.01. The minimum absolute atomic E-state index is 0.0610. The molecule has 9 nitrogen and oxygen atoms in total. The molecule has 0 bridgehead atoms. The van der Waals surface area contributed by atoms with Crippen LogP contribution in [0.15, 0.2) is 21.7 Å². The molecule has 2 aromatic rings. The Bertz CT molecular complexity index is 699. The van der Waals surface area contributed by atoms with E-state index in [1.165, 1.54) is 20.2 Å². The van der Waals surface area contributed by atoms with Crippen LogP contribution < -0.4 is 15.2 Å². The summed E-state index contributed by atoms with van der Waals surface area (Å²) in [5.41, 5.74) is 6.16. The molecular formula is C11H11BrN6O3. The summed E-state index contributed by atoms with van der Waals surface area (Å²) in [6.45, 7) is 1.31. The zero-order valence-corrected chi connectivity index (χ0v) is 12.7. The smallest absolute Gasteiger partial charge is 0.308 e. The van der Waals surface area contributed by atoms with Gasteiger partial charge in [0.2, 0.25) is 0 Å². The topological polar surface area (TPSA) is 118 Å². The molecule has 0 aliphatic rings. The third kappa shape index (κ3) is 3.54. The van der Waals surface area contributed by atoms with E-state index in [1.807, 2.05) is 0 Å². The Hall–Kier alpha value is -2.49. The van der Waals surface area contributed by atoms with E-state index in [0.29, 0.717) is 21.5 Å². The highest BCUT2D eigenvalue weighted by Gasteiger charge is 2.11. The van der Waals surface area contributed by atoms with E-state index in [9.17, 15) is 4.79 Å². The van der Waals surface area contributed by atoms with Gasteiger partial charge < -0.3 is 15.2 Å². The predicted octanol–water partition coefficient (Wildman–Crippen LogP) is 0.834. The van der Waals surface area contributed by atoms with Gasteiger partial charge in [-0.2, -0.15) is 5.10 Å².